The highest BCUT2D eigenvalue weighted by Crippen LogP contribution is 2.39. The highest BCUT2D eigenvalue weighted by atomic mass is 16.5. The first-order valence-electron chi connectivity index (χ1n) is 9.84. The summed E-state index contributed by atoms with van der Waals surface area (Å²) >= 11 is 0. The summed E-state index contributed by atoms with van der Waals surface area (Å²) in [5.41, 5.74) is 1.08. The van der Waals surface area contributed by atoms with Gasteiger partial charge < -0.3 is 15.0 Å². The maximum Gasteiger partial charge on any atom is 0.249 e. The van der Waals surface area contributed by atoms with Gasteiger partial charge in [0.15, 0.2) is 0 Å². The average molecular weight is 358 g/mol. The Bertz CT molecular complexity index is 599. The zero-order chi connectivity index (χ0) is 18.4. The van der Waals surface area contributed by atoms with Gasteiger partial charge in [-0.15, -0.1) is 0 Å². The van der Waals surface area contributed by atoms with E-state index in [1.165, 1.54) is 12.8 Å². The molecule has 1 aromatic carbocycles. The van der Waals surface area contributed by atoms with Crippen LogP contribution in [-0.4, -0.2) is 43.0 Å². The van der Waals surface area contributed by atoms with Crippen molar-refractivity contribution in [1.82, 2.24) is 10.2 Å². The molecule has 2 saturated heterocycles. The Kier molecular flexibility index (Phi) is 6.30. The molecule has 2 aliphatic rings. The molecule has 1 aromatic rings. The number of carbonyl (C=O) groups is 2. The standard InChI is InChI=1S/C21H30N2O3/c1-2-18(24)22-19(17-8-4-3-5-9-17)20(25)23-13-11-21(12-14-23)10-6-7-15-26-16-21/h3-5,8-9,19H,2,6-7,10-16H2,1H3,(H,22,24). The second kappa shape index (κ2) is 8.67. The predicted molar refractivity (Wildman–Crippen MR) is 101 cm³/mol. The fourth-order valence-corrected chi connectivity index (χ4v) is 4.04. The van der Waals surface area contributed by atoms with E-state index < -0.39 is 6.04 Å². The first-order chi connectivity index (χ1) is 12.6. The molecule has 1 spiro atoms. The summed E-state index contributed by atoms with van der Waals surface area (Å²) in [4.78, 5) is 27.1. The molecule has 3 rings (SSSR count). The van der Waals surface area contributed by atoms with Gasteiger partial charge in [-0.05, 0) is 36.7 Å². The van der Waals surface area contributed by atoms with Gasteiger partial charge in [0.05, 0.1) is 6.61 Å². The fraction of sp³-hybridized carbons (Fsp3) is 0.619. The van der Waals surface area contributed by atoms with E-state index in [4.69, 9.17) is 4.74 Å². The van der Waals surface area contributed by atoms with E-state index in [2.05, 4.69) is 5.32 Å². The third-order valence-electron chi connectivity index (χ3n) is 5.80. The highest BCUT2D eigenvalue weighted by Gasteiger charge is 2.38. The van der Waals surface area contributed by atoms with Gasteiger partial charge in [0.25, 0.3) is 0 Å². The summed E-state index contributed by atoms with van der Waals surface area (Å²) in [5.74, 6) is -0.0970. The minimum absolute atomic E-state index is 0.00221. The normalized spacial score (nSPS) is 21.0. The molecular weight excluding hydrogens is 328 g/mol. The Labute approximate surface area is 156 Å². The summed E-state index contributed by atoms with van der Waals surface area (Å²) < 4.78 is 5.81. The van der Waals surface area contributed by atoms with Crippen molar-refractivity contribution in [3.05, 3.63) is 35.9 Å². The first-order valence-corrected chi connectivity index (χ1v) is 9.84. The SMILES string of the molecule is CCC(=O)NC(C(=O)N1CCC2(CCCCOC2)CC1)c1ccccc1. The first kappa shape index (κ1) is 18.9. The van der Waals surface area contributed by atoms with Gasteiger partial charge in [-0.25, -0.2) is 0 Å². The lowest BCUT2D eigenvalue weighted by molar-refractivity contribution is -0.139. The second-order valence-corrected chi connectivity index (χ2v) is 7.60. The van der Waals surface area contributed by atoms with E-state index in [9.17, 15) is 9.59 Å². The Morgan fingerprint density at radius 2 is 1.88 bits per heavy atom. The second-order valence-electron chi connectivity index (χ2n) is 7.60. The Hall–Kier alpha value is -1.88. The third-order valence-corrected chi connectivity index (χ3v) is 5.80. The van der Waals surface area contributed by atoms with Crippen LogP contribution in [0.5, 0.6) is 0 Å². The maximum absolute atomic E-state index is 13.2. The number of rotatable bonds is 4. The monoisotopic (exact) mass is 358 g/mol. The molecule has 0 aliphatic carbocycles. The molecule has 5 heteroatoms. The van der Waals surface area contributed by atoms with Gasteiger partial charge in [-0.3, -0.25) is 9.59 Å². The van der Waals surface area contributed by atoms with Gasteiger partial charge in [0, 0.05) is 26.1 Å². The van der Waals surface area contributed by atoms with Crippen molar-refractivity contribution in [2.24, 2.45) is 5.41 Å². The van der Waals surface area contributed by atoms with E-state index in [0.29, 0.717) is 6.42 Å². The Morgan fingerprint density at radius 3 is 2.58 bits per heavy atom. The minimum Gasteiger partial charge on any atom is -0.381 e. The molecule has 0 radical (unpaired) electrons. The molecule has 1 atom stereocenters. The van der Waals surface area contributed by atoms with Gasteiger partial charge >= 0.3 is 0 Å². The van der Waals surface area contributed by atoms with E-state index in [0.717, 1.165) is 51.1 Å². The molecule has 0 saturated carbocycles. The summed E-state index contributed by atoms with van der Waals surface area (Å²) in [5, 5.41) is 2.91. The Balaban J connectivity index is 1.68. The molecule has 2 amide bonds. The molecule has 0 aromatic heterocycles. The third kappa shape index (κ3) is 4.44. The van der Waals surface area contributed by atoms with Crippen molar-refractivity contribution in [3.8, 4) is 0 Å². The number of likely N-dealkylation sites (tertiary alicyclic amines) is 1. The van der Waals surface area contributed by atoms with Crippen LogP contribution >= 0.6 is 0 Å². The number of nitrogens with zero attached hydrogens (tertiary/aromatic N) is 1. The van der Waals surface area contributed by atoms with Crippen molar-refractivity contribution in [2.45, 2.75) is 51.5 Å². The number of nitrogens with one attached hydrogen (secondary N) is 1. The summed E-state index contributed by atoms with van der Waals surface area (Å²) in [6.45, 7) is 4.98. The zero-order valence-corrected chi connectivity index (χ0v) is 15.7. The number of piperidine rings is 1. The highest BCUT2D eigenvalue weighted by molar-refractivity contribution is 5.88. The average Bonchev–Trinajstić information content (AvgIpc) is 2.92. The van der Waals surface area contributed by atoms with Crippen molar-refractivity contribution in [2.75, 3.05) is 26.3 Å². The van der Waals surface area contributed by atoms with Crippen molar-refractivity contribution in [3.63, 3.8) is 0 Å². The van der Waals surface area contributed by atoms with Crippen LogP contribution in [0.1, 0.15) is 57.1 Å². The molecule has 2 aliphatic heterocycles. The summed E-state index contributed by atoms with van der Waals surface area (Å²) in [6, 6.07) is 8.95. The van der Waals surface area contributed by atoms with Crippen LogP contribution in [0.25, 0.3) is 0 Å². The van der Waals surface area contributed by atoms with Crippen molar-refractivity contribution >= 4 is 11.8 Å². The van der Waals surface area contributed by atoms with Gasteiger partial charge in [-0.1, -0.05) is 43.7 Å². The zero-order valence-electron chi connectivity index (χ0n) is 15.7. The van der Waals surface area contributed by atoms with E-state index >= 15 is 0 Å². The van der Waals surface area contributed by atoms with E-state index in [-0.39, 0.29) is 17.2 Å². The van der Waals surface area contributed by atoms with Gasteiger partial charge in [0.1, 0.15) is 6.04 Å². The molecule has 5 nitrogen and oxygen atoms in total. The summed E-state index contributed by atoms with van der Waals surface area (Å²) in [6.07, 6.45) is 5.90. The lowest BCUT2D eigenvalue weighted by Crippen LogP contribution is -2.49. The Morgan fingerprint density at radius 1 is 1.15 bits per heavy atom. The van der Waals surface area contributed by atoms with Gasteiger partial charge in [0.2, 0.25) is 11.8 Å². The number of carbonyl (C=O) groups excluding carboxylic acids is 2. The topological polar surface area (TPSA) is 58.6 Å². The quantitative estimate of drug-likeness (QED) is 0.900. The van der Waals surface area contributed by atoms with Crippen LogP contribution in [-0.2, 0) is 14.3 Å². The largest absolute Gasteiger partial charge is 0.381 e. The number of amides is 2. The fourth-order valence-electron chi connectivity index (χ4n) is 4.04. The minimum atomic E-state index is -0.594. The lowest BCUT2D eigenvalue weighted by Gasteiger charge is -2.42. The van der Waals surface area contributed by atoms with Crippen LogP contribution in [0.3, 0.4) is 0 Å². The number of benzene rings is 1. The molecule has 26 heavy (non-hydrogen) atoms. The molecule has 142 valence electrons. The molecule has 2 fully saturated rings. The van der Waals surface area contributed by atoms with E-state index in [1.807, 2.05) is 35.2 Å². The predicted octanol–water partition coefficient (Wildman–Crippen LogP) is 3.06. The lowest BCUT2D eigenvalue weighted by atomic mass is 9.75. The molecule has 1 unspecified atom stereocenters. The number of hydrogen-bond donors (Lipinski definition) is 1. The van der Waals surface area contributed by atoms with Gasteiger partial charge in [-0.2, -0.15) is 0 Å². The van der Waals surface area contributed by atoms with Crippen LogP contribution in [0.4, 0.5) is 0 Å². The number of ether oxygens (including phenoxy) is 1. The van der Waals surface area contributed by atoms with Crippen molar-refractivity contribution in [1.29, 1.82) is 0 Å². The summed E-state index contributed by atoms with van der Waals surface area (Å²) in [7, 11) is 0. The van der Waals surface area contributed by atoms with Crippen molar-refractivity contribution < 1.29 is 14.3 Å². The van der Waals surface area contributed by atoms with E-state index in [1.54, 1.807) is 6.92 Å². The van der Waals surface area contributed by atoms with Crippen LogP contribution in [0.15, 0.2) is 30.3 Å². The van der Waals surface area contributed by atoms with Crippen LogP contribution < -0.4 is 5.32 Å². The molecule has 0 bridgehead atoms. The molecular formula is C21H30N2O3. The maximum atomic E-state index is 13.2. The van der Waals surface area contributed by atoms with Crippen LogP contribution in [0, 0.1) is 5.41 Å². The van der Waals surface area contributed by atoms with Crippen LogP contribution in [0.2, 0.25) is 0 Å². The molecule has 2 heterocycles. The number of hydrogen-bond acceptors (Lipinski definition) is 3. The molecule has 1 N–H and O–H groups in total. The smallest absolute Gasteiger partial charge is 0.249 e.